The molecule has 0 atom stereocenters. The zero-order valence-corrected chi connectivity index (χ0v) is 14.0. The van der Waals surface area contributed by atoms with E-state index in [0.29, 0.717) is 12.5 Å². The van der Waals surface area contributed by atoms with E-state index in [-0.39, 0.29) is 5.91 Å². The van der Waals surface area contributed by atoms with Gasteiger partial charge in [0, 0.05) is 31.0 Å². The Morgan fingerprint density at radius 1 is 1.24 bits per heavy atom. The Kier molecular flexibility index (Phi) is 7.06. The molecule has 0 bridgehead atoms. The van der Waals surface area contributed by atoms with Crippen LogP contribution in [0.4, 0.5) is 11.4 Å². The van der Waals surface area contributed by atoms with Crippen LogP contribution in [0.25, 0.3) is 0 Å². The van der Waals surface area contributed by atoms with E-state index < -0.39 is 0 Å². The van der Waals surface area contributed by atoms with Crippen LogP contribution < -0.4 is 15.5 Å². The first-order chi connectivity index (χ1) is 9.97. The lowest BCUT2D eigenvalue weighted by molar-refractivity contribution is -0.119. The lowest BCUT2D eigenvalue weighted by Gasteiger charge is -2.22. The van der Waals surface area contributed by atoms with Crippen molar-refractivity contribution in [1.82, 2.24) is 5.32 Å². The van der Waals surface area contributed by atoms with Gasteiger partial charge < -0.3 is 15.5 Å². The Morgan fingerprint density at radius 3 is 2.43 bits per heavy atom. The lowest BCUT2D eigenvalue weighted by atomic mass is 10.1. The summed E-state index contributed by atoms with van der Waals surface area (Å²) in [5.41, 5.74) is 3.41. The maximum Gasteiger partial charge on any atom is 0.239 e. The number of nitrogens with zero attached hydrogens (tertiary/aromatic N) is 1. The first-order valence-corrected chi connectivity index (χ1v) is 7.84. The summed E-state index contributed by atoms with van der Waals surface area (Å²) in [7, 11) is 0. The number of carbonyl (C=O) groups is 1. The van der Waals surface area contributed by atoms with Gasteiger partial charge in [-0.3, -0.25) is 4.79 Å². The molecule has 0 saturated carbocycles. The Hall–Kier alpha value is -1.71. The van der Waals surface area contributed by atoms with Crippen LogP contribution in [-0.4, -0.2) is 32.1 Å². The number of anilines is 2. The predicted octanol–water partition coefficient (Wildman–Crippen LogP) is 3.03. The van der Waals surface area contributed by atoms with Crippen LogP contribution in [-0.2, 0) is 4.79 Å². The monoisotopic (exact) mass is 291 g/mol. The molecular formula is C17H29N3O. The number of rotatable bonds is 8. The summed E-state index contributed by atoms with van der Waals surface area (Å²) in [4.78, 5) is 14.0. The van der Waals surface area contributed by atoms with E-state index in [0.717, 1.165) is 30.9 Å². The summed E-state index contributed by atoms with van der Waals surface area (Å²) in [5, 5.41) is 6.12. The fraction of sp³-hybridized carbons (Fsp3) is 0.588. The molecule has 4 heteroatoms. The number of hydrogen-bond donors (Lipinski definition) is 2. The molecule has 0 unspecified atom stereocenters. The van der Waals surface area contributed by atoms with Crippen molar-refractivity contribution >= 4 is 17.3 Å². The zero-order valence-electron chi connectivity index (χ0n) is 14.0. The summed E-state index contributed by atoms with van der Waals surface area (Å²) in [5.74, 6) is 0.514. The van der Waals surface area contributed by atoms with Crippen molar-refractivity contribution in [1.29, 1.82) is 0 Å². The van der Waals surface area contributed by atoms with E-state index in [4.69, 9.17) is 0 Å². The molecule has 21 heavy (non-hydrogen) atoms. The van der Waals surface area contributed by atoms with Gasteiger partial charge in [0.15, 0.2) is 0 Å². The first kappa shape index (κ1) is 17.3. The predicted molar refractivity (Wildman–Crippen MR) is 91.1 cm³/mol. The Labute approximate surface area is 128 Å². The van der Waals surface area contributed by atoms with Crippen molar-refractivity contribution < 1.29 is 4.79 Å². The van der Waals surface area contributed by atoms with Crippen LogP contribution in [0.5, 0.6) is 0 Å². The molecule has 0 aromatic heterocycles. The Bertz CT molecular complexity index is 453. The van der Waals surface area contributed by atoms with Crippen LogP contribution >= 0.6 is 0 Å². The van der Waals surface area contributed by atoms with E-state index in [1.54, 1.807) is 0 Å². The van der Waals surface area contributed by atoms with Gasteiger partial charge in [-0.15, -0.1) is 0 Å². The van der Waals surface area contributed by atoms with E-state index in [2.05, 4.69) is 68.4 Å². The number of amides is 1. The zero-order chi connectivity index (χ0) is 15.8. The van der Waals surface area contributed by atoms with E-state index in [9.17, 15) is 4.79 Å². The molecule has 0 radical (unpaired) electrons. The van der Waals surface area contributed by atoms with Crippen molar-refractivity contribution in [2.24, 2.45) is 5.92 Å². The lowest BCUT2D eigenvalue weighted by Crippen LogP contribution is -2.32. The molecule has 0 aliphatic carbocycles. The van der Waals surface area contributed by atoms with E-state index in [1.165, 1.54) is 5.69 Å². The number of carbonyl (C=O) groups excluding carboxylic acids is 1. The molecule has 1 aromatic rings. The van der Waals surface area contributed by atoms with Gasteiger partial charge in [0.2, 0.25) is 5.91 Å². The third kappa shape index (κ3) is 5.66. The van der Waals surface area contributed by atoms with Gasteiger partial charge in [-0.1, -0.05) is 13.8 Å². The van der Waals surface area contributed by atoms with Crippen molar-refractivity contribution in [3.63, 3.8) is 0 Å². The molecule has 0 aliphatic rings. The summed E-state index contributed by atoms with van der Waals surface area (Å²) in [6.07, 6.45) is 0. The van der Waals surface area contributed by atoms with Crippen molar-refractivity contribution in [3.8, 4) is 0 Å². The van der Waals surface area contributed by atoms with Crippen molar-refractivity contribution in [2.75, 3.05) is 36.4 Å². The van der Waals surface area contributed by atoms with E-state index >= 15 is 0 Å². The summed E-state index contributed by atoms with van der Waals surface area (Å²) in [6.45, 7) is 13.6. The molecular weight excluding hydrogens is 262 g/mol. The minimum Gasteiger partial charge on any atom is -0.376 e. The van der Waals surface area contributed by atoms with Gasteiger partial charge in [-0.25, -0.2) is 0 Å². The highest BCUT2D eigenvalue weighted by Crippen LogP contribution is 2.22. The highest BCUT2D eigenvalue weighted by atomic mass is 16.1. The minimum absolute atomic E-state index is 0.0379. The molecule has 0 spiro atoms. The molecule has 0 fully saturated rings. The third-order valence-electron chi connectivity index (χ3n) is 3.49. The van der Waals surface area contributed by atoms with Crippen LogP contribution in [0.1, 0.15) is 33.3 Å². The number of benzene rings is 1. The number of hydrogen-bond acceptors (Lipinski definition) is 3. The third-order valence-corrected chi connectivity index (χ3v) is 3.49. The maximum atomic E-state index is 11.7. The topological polar surface area (TPSA) is 44.4 Å². The second-order valence-electron chi connectivity index (χ2n) is 5.72. The summed E-state index contributed by atoms with van der Waals surface area (Å²) < 4.78 is 0. The molecule has 4 nitrogen and oxygen atoms in total. The average Bonchev–Trinajstić information content (AvgIpc) is 2.45. The Balaban J connectivity index is 2.58. The smallest absolute Gasteiger partial charge is 0.239 e. The largest absolute Gasteiger partial charge is 0.376 e. The van der Waals surface area contributed by atoms with E-state index in [1.807, 2.05) is 0 Å². The maximum absolute atomic E-state index is 11.7. The number of aryl methyl sites for hydroxylation is 1. The molecule has 1 aromatic carbocycles. The quantitative estimate of drug-likeness (QED) is 0.774. The average molecular weight is 291 g/mol. The number of nitrogens with one attached hydrogen (secondary N) is 2. The Morgan fingerprint density at radius 2 is 1.90 bits per heavy atom. The molecule has 1 amide bonds. The summed E-state index contributed by atoms with van der Waals surface area (Å²) in [6, 6.07) is 6.33. The fourth-order valence-electron chi connectivity index (χ4n) is 2.19. The normalized spacial score (nSPS) is 10.6. The first-order valence-electron chi connectivity index (χ1n) is 7.84. The minimum atomic E-state index is 0.0379. The van der Waals surface area contributed by atoms with Gasteiger partial charge in [-0.05, 0) is 50.5 Å². The van der Waals surface area contributed by atoms with Gasteiger partial charge >= 0.3 is 0 Å². The fourth-order valence-corrected chi connectivity index (χ4v) is 2.19. The van der Waals surface area contributed by atoms with Gasteiger partial charge in [0.25, 0.3) is 0 Å². The standard InChI is InChI=1S/C17H29N3O/c1-6-20(7-2)15-8-9-16(14(5)10-15)18-12-17(21)19-11-13(3)4/h8-10,13,18H,6-7,11-12H2,1-5H3,(H,19,21). The van der Waals surface area contributed by atoms with Crippen LogP contribution in [0.15, 0.2) is 18.2 Å². The van der Waals surface area contributed by atoms with Gasteiger partial charge in [-0.2, -0.15) is 0 Å². The molecule has 1 rings (SSSR count). The molecule has 0 heterocycles. The van der Waals surface area contributed by atoms with Crippen LogP contribution in [0.3, 0.4) is 0 Å². The van der Waals surface area contributed by atoms with Crippen LogP contribution in [0, 0.1) is 12.8 Å². The SMILES string of the molecule is CCN(CC)c1ccc(NCC(=O)NCC(C)C)c(C)c1. The highest BCUT2D eigenvalue weighted by molar-refractivity contribution is 5.81. The van der Waals surface area contributed by atoms with Gasteiger partial charge in [0.1, 0.15) is 0 Å². The summed E-state index contributed by atoms with van der Waals surface area (Å²) >= 11 is 0. The van der Waals surface area contributed by atoms with Gasteiger partial charge in [0.05, 0.1) is 6.54 Å². The molecule has 2 N–H and O–H groups in total. The van der Waals surface area contributed by atoms with Crippen molar-refractivity contribution in [2.45, 2.75) is 34.6 Å². The van der Waals surface area contributed by atoms with Crippen LogP contribution in [0.2, 0.25) is 0 Å². The van der Waals surface area contributed by atoms with Crippen molar-refractivity contribution in [3.05, 3.63) is 23.8 Å². The molecule has 0 aliphatic heterocycles. The second kappa shape index (κ2) is 8.55. The molecule has 118 valence electrons. The molecule has 0 saturated heterocycles. The highest BCUT2D eigenvalue weighted by Gasteiger charge is 2.06. The second-order valence-corrected chi connectivity index (χ2v) is 5.72.